The molecule has 1 aliphatic heterocycles. The minimum absolute atomic E-state index is 0.0321. The van der Waals surface area contributed by atoms with Crippen molar-refractivity contribution in [1.82, 2.24) is 0 Å². The molecule has 2 aromatic carbocycles. The quantitative estimate of drug-likeness (QED) is 0.893. The van der Waals surface area contributed by atoms with Gasteiger partial charge in [0, 0.05) is 12.5 Å². The molecule has 2 nitrogen and oxygen atoms in total. The van der Waals surface area contributed by atoms with Gasteiger partial charge in [0.25, 0.3) is 0 Å². The van der Waals surface area contributed by atoms with Gasteiger partial charge < -0.3 is 10.1 Å². The van der Waals surface area contributed by atoms with Gasteiger partial charge in [0.15, 0.2) is 0 Å². The molecule has 0 radical (unpaired) electrons. The first-order valence-electron chi connectivity index (χ1n) is 6.61. The lowest BCUT2D eigenvalue weighted by Gasteiger charge is -2.18. The Balaban J connectivity index is 1.84. The van der Waals surface area contributed by atoms with Crippen LogP contribution in [-0.2, 0) is 6.42 Å². The fourth-order valence-electron chi connectivity index (χ4n) is 2.41. The van der Waals surface area contributed by atoms with Crippen LogP contribution in [0.3, 0.4) is 0 Å². The van der Waals surface area contributed by atoms with E-state index in [2.05, 4.69) is 11.4 Å². The molecule has 1 N–H and O–H groups in total. The van der Waals surface area contributed by atoms with Crippen molar-refractivity contribution in [2.75, 3.05) is 11.9 Å². The summed E-state index contributed by atoms with van der Waals surface area (Å²) in [5.41, 5.74) is 2.64. The number of nitrogens with one attached hydrogen (secondary N) is 1. The van der Waals surface area contributed by atoms with E-state index in [1.807, 2.05) is 19.1 Å². The lowest BCUT2D eigenvalue weighted by molar-refractivity contribution is 0.357. The monoisotopic (exact) mass is 291 g/mol. The van der Waals surface area contributed by atoms with Crippen LogP contribution in [0.25, 0.3) is 0 Å². The maximum absolute atomic E-state index is 13.8. The van der Waals surface area contributed by atoms with Crippen molar-refractivity contribution in [2.45, 2.75) is 19.4 Å². The molecule has 0 fully saturated rings. The molecule has 1 heterocycles. The van der Waals surface area contributed by atoms with E-state index in [-0.39, 0.29) is 11.9 Å². The van der Waals surface area contributed by atoms with Crippen LogP contribution in [-0.4, -0.2) is 6.61 Å². The van der Waals surface area contributed by atoms with E-state index in [4.69, 9.17) is 16.3 Å². The second kappa shape index (κ2) is 5.33. The van der Waals surface area contributed by atoms with Crippen molar-refractivity contribution in [1.29, 1.82) is 0 Å². The van der Waals surface area contributed by atoms with Gasteiger partial charge in [0.05, 0.1) is 17.3 Å². The number of fused-ring (bicyclic) bond motifs is 1. The zero-order valence-electron chi connectivity index (χ0n) is 11.1. The molecule has 104 valence electrons. The summed E-state index contributed by atoms with van der Waals surface area (Å²) < 4.78 is 19.3. The van der Waals surface area contributed by atoms with Crippen molar-refractivity contribution in [3.63, 3.8) is 0 Å². The molecule has 4 heteroatoms. The molecule has 0 aromatic heterocycles. The number of hydrogen-bond acceptors (Lipinski definition) is 2. The molecule has 3 rings (SSSR count). The van der Waals surface area contributed by atoms with Crippen LogP contribution in [0.2, 0.25) is 5.02 Å². The van der Waals surface area contributed by atoms with Crippen LogP contribution in [0.1, 0.15) is 24.1 Å². The predicted octanol–water partition coefficient (Wildman–Crippen LogP) is 4.59. The second-order valence-corrected chi connectivity index (χ2v) is 5.34. The molecule has 0 aliphatic carbocycles. The molecule has 0 amide bonds. The zero-order valence-corrected chi connectivity index (χ0v) is 11.9. The maximum atomic E-state index is 13.8. The number of halogens is 2. The van der Waals surface area contributed by atoms with Gasteiger partial charge in [-0.05, 0) is 42.3 Å². The number of rotatable bonds is 3. The summed E-state index contributed by atoms with van der Waals surface area (Å²) in [7, 11) is 0. The number of anilines is 1. The van der Waals surface area contributed by atoms with E-state index < -0.39 is 0 Å². The maximum Gasteiger partial charge on any atom is 0.147 e. The Labute approximate surface area is 122 Å². The Hall–Kier alpha value is -1.74. The lowest BCUT2D eigenvalue weighted by Crippen LogP contribution is -2.08. The first-order valence-corrected chi connectivity index (χ1v) is 6.99. The fraction of sp³-hybridized carbons (Fsp3) is 0.250. The molecule has 1 atom stereocenters. The van der Waals surface area contributed by atoms with Gasteiger partial charge >= 0.3 is 0 Å². The summed E-state index contributed by atoms with van der Waals surface area (Å²) in [6.07, 6.45) is 0.927. The Morgan fingerprint density at radius 3 is 2.95 bits per heavy atom. The summed E-state index contributed by atoms with van der Waals surface area (Å²) in [5.74, 6) is 0.610. The molecule has 2 aromatic rings. The van der Waals surface area contributed by atoms with Crippen molar-refractivity contribution >= 4 is 17.3 Å². The van der Waals surface area contributed by atoms with Crippen LogP contribution in [0.5, 0.6) is 5.75 Å². The van der Waals surface area contributed by atoms with Crippen LogP contribution >= 0.6 is 11.6 Å². The van der Waals surface area contributed by atoms with Gasteiger partial charge in [-0.3, -0.25) is 0 Å². The Bertz CT molecular complexity index is 624. The number of para-hydroxylation sites is 1. The Kier molecular flexibility index (Phi) is 3.53. The molecule has 20 heavy (non-hydrogen) atoms. The summed E-state index contributed by atoms with van der Waals surface area (Å²) in [6.45, 7) is 2.72. The number of hydrogen-bond donors (Lipinski definition) is 1. The highest BCUT2D eigenvalue weighted by Gasteiger charge is 2.16. The van der Waals surface area contributed by atoms with Crippen LogP contribution in [0.4, 0.5) is 10.1 Å². The number of ether oxygens (including phenoxy) is 1. The SMILES string of the molecule is CC(Nc1c(F)cccc1Cl)c1ccc2c(c1)CCO2. The molecular formula is C16H15ClFNO. The van der Waals surface area contributed by atoms with Gasteiger partial charge in [-0.2, -0.15) is 0 Å². The minimum atomic E-state index is -0.339. The molecule has 0 spiro atoms. The first kappa shape index (κ1) is 13.3. The Morgan fingerprint density at radius 2 is 2.15 bits per heavy atom. The van der Waals surface area contributed by atoms with E-state index in [9.17, 15) is 4.39 Å². The summed E-state index contributed by atoms with van der Waals surface area (Å²) in [4.78, 5) is 0. The van der Waals surface area contributed by atoms with Crippen molar-refractivity contribution in [3.8, 4) is 5.75 Å². The average Bonchev–Trinajstić information content (AvgIpc) is 2.90. The second-order valence-electron chi connectivity index (χ2n) is 4.93. The van der Waals surface area contributed by atoms with Crippen LogP contribution in [0.15, 0.2) is 36.4 Å². The van der Waals surface area contributed by atoms with E-state index in [0.717, 1.165) is 24.3 Å². The highest BCUT2D eigenvalue weighted by atomic mass is 35.5. The highest BCUT2D eigenvalue weighted by molar-refractivity contribution is 6.33. The third-order valence-corrected chi connectivity index (χ3v) is 3.85. The van der Waals surface area contributed by atoms with Crippen LogP contribution in [0, 0.1) is 5.82 Å². The first-order chi connectivity index (χ1) is 9.65. The highest BCUT2D eigenvalue weighted by Crippen LogP contribution is 2.32. The van der Waals surface area contributed by atoms with Crippen LogP contribution < -0.4 is 10.1 Å². The molecule has 1 aliphatic rings. The normalized spacial score (nSPS) is 14.6. The molecule has 0 bridgehead atoms. The molecule has 1 unspecified atom stereocenters. The fourth-order valence-corrected chi connectivity index (χ4v) is 2.63. The predicted molar refractivity (Wildman–Crippen MR) is 79.1 cm³/mol. The summed E-state index contributed by atoms with van der Waals surface area (Å²) >= 11 is 6.03. The third kappa shape index (κ3) is 2.46. The van der Waals surface area contributed by atoms with Crippen molar-refractivity contribution in [2.24, 2.45) is 0 Å². The van der Waals surface area contributed by atoms with Gasteiger partial charge in [-0.1, -0.05) is 23.7 Å². The van der Waals surface area contributed by atoms with E-state index >= 15 is 0 Å². The smallest absolute Gasteiger partial charge is 0.147 e. The standard InChI is InChI=1S/C16H15ClFNO/c1-10(19-16-13(17)3-2-4-14(16)18)11-5-6-15-12(9-11)7-8-20-15/h2-6,9-10,19H,7-8H2,1H3. The summed E-state index contributed by atoms with van der Waals surface area (Å²) in [6, 6.07) is 10.7. The minimum Gasteiger partial charge on any atom is -0.493 e. The topological polar surface area (TPSA) is 21.3 Å². The van der Waals surface area contributed by atoms with Gasteiger partial charge in [-0.15, -0.1) is 0 Å². The largest absolute Gasteiger partial charge is 0.493 e. The summed E-state index contributed by atoms with van der Waals surface area (Å²) in [5, 5.41) is 3.53. The Morgan fingerprint density at radius 1 is 1.30 bits per heavy atom. The van der Waals surface area contributed by atoms with Gasteiger partial charge in [0.1, 0.15) is 11.6 Å². The average molecular weight is 292 g/mol. The van der Waals surface area contributed by atoms with E-state index in [1.165, 1.54) is 11.6 Å². The molecule has 0 saturated heterocycles. The third-order valence-electron chi connectivity index (χ3n) is 3.54. The van der Waals surface area contributed by atoms with E-state index in [1.54, 1.807) is 12.1 Å². The zero-order chi connectivity index (χ0) is 14.1. The van der Waals surface area contributed by atoms with Gasteiger partial charge in [-0.25, -0.2) is 4.39 Å². The van der Waals surface area contributed by atoms with Crippen molar-refractivity contribution < 1.29 is 9.13 Å². The van der Waals surface area contributed by atoms with E-state index in [0.29, 0.717) is 10.7 Å². The lowest BCUT2D eigenvalue weighted by atomic mass is 10.0. The molecule has 0 saturated carbocycles. The van der Waals surface area contributed by atoms with Gasteiger partial charge in [0.2, 0.25) is 0 Å². The van der Waals surface area contributed by atoms with Crippen molar-refractivity contribution in [3.05, 3.63) is 58.4 Å². The molecular weight excluding hydrogens is 277 g/mol. The number of benzene rings is 2.